The Morgan fingerprint density at radius 3 is 2.31 bits per heavy atom. The fraction of sp³-hybridized carbons (Fsp3) is 0.818. The van der Waals surface area contributed by atoms with Crippen LogP contribution in [0.2, 0.25) is 0 Å². The largest absolute Gasteiger partial charge is 0.467 e. The Hall–Kier alpha value is -1.10. The van der Waals surface area contributed by atoms with E-state index in [1.165, 1.54) is 7.11 Å². The zero-order chi connectivity index (χ0) is 12.7. The average molecular weight is 230 g/mol. The topological polar surface area (TPSA) is 81.4 Å². The van der Waals surface area contributed by atoms with Gasteiger partial charge in [-0.1, -0.05) is 20.8 Å². The summed E-state index contributed by atoms with van der Waals surface area (Å²) in [6.07, 6.45) is 0.967. The van der Waals surface area contributed by atoms with Crippen LogP contribution in [0, 0.1) is 5.92 Å². The van der Waals surface area contributed by atoms with E-state index in [2.05, 4.69) is 10.1 Å². The highest BCUT2D eigenvalue weighted by Gasteiger charge is 2.25. The van der Waals surface area contributed by atoms with E-state index in [-0.39, 0.29) is 24.3 Å². The van der Waals surface area contributed by atoms with Gasteiger partial charge in [0.2, 0.25) is 5.91 Å². The second kappa shape index (κ2) is 7.22. The van der Waals surface area contributed by atoms with Crippen molar-refractivity contribution in [3.8, 4) is 0 Å². The van der Waals surface area contributed by atoms with Gasteiger partial charge in [0, 0.05) is 12.5 Å². The van der Waals surface area contributed by atoms with E-state index in [1.807, 2.05) is 20.8 Å². The number of rotatable bonds is 6. The summed E-state index contributed by atoms with van der Waals surface area (Å²) in [5, 5.41) is 2.64. The zero-order valence-electron chi connectivity index (χ0n) is 10.4. The number of methoxy groups -OCH3 is 1. The molecule has 0 aliphatic carbocycles. The third kappa shape index (κ3) is 5.11. The molecule has 0 fully saturated rings. The fourth-order valence-electron chi connectivity index (χ4n) is 1.24. The van der Waals surface area contributed by atoms with E-state index >= 15 is 0 Å². The van der Waals surface area contributed by atoms with Gasteiger partial charge in [0.25, 0.3) is 0 Å². The highest BCUT2D eigenvalue weighted by Crippen LogP contribution is 2.04. The molecule has 0 aliphatic heterocycles. The summed E-state index contributed by atoms with van der Waals surface area (Å²) in [6.45, 7) is 5.61. The summed E-state index contributed by atoms with van der Waals surface area (Å²) in [5.41, 5.74) is 5.66. The maximum atomic E-state index is 11.5. The monoisotopic (exact) mass is 230 g/mol. The quantitative estimate of drug-likeness (QED) is 0.648. The van der Waals surface area contributed by atoms with Crippen LogP contribution in [0.1, 0.15) is 33.6 Å². The zero-order valence-corrected chi connectivity index (χ0v) is 10.4. The Kier molecular flexibility index (Phi) is 6.72. The first-order valence-electron chi connectivity index (χ1n) is 5.55. The van der Waals surface area contributed by atoms with Gasteiger partial charge in [-0.3, -0.25) is 4.79 Å². The Bertz CT molecular complexity index is 241. The molecular weight excluding hydrogens is 208 g/mol. The molecule has 0 saturated heterocycles. The molecule has 94 valence electrons. The van der Waals surface area contributed by atoms with Gasteiger partial charge in [-0.05, 0) is 12.3 Å². The number of carbonyl (C=O) groups is 2. The molecule has 0 heterocycles. The Morgan fingerprint density at radius 2 is 1.94 bits per heavy atom. The van der Waals surface area contributed by atoms with Crippen molar-refractivity contribution in [1.29, 1.82) is 0 Å². The second-order valence-electron chi connectivity index (χ2n) is 4.18. The summed E-state index contributed by atoms with van der Waals surface area (Å²) in [7, 11) is 1.31. The molecule has 0 aliphatic rings. The van der Waals surface area contributed by atoms with Crippen molar-refractivity contribution in [3.63, 3.8) is 0 Å². The molecule has 3 N–H and O–H groups in total. The molecule has 16 heavy (non-hydrogen) atoms. The molecular formula is C11H22N2O3. The van der Waals surface area contributed by atoms with E-state index in [9.17, 15) is 9.59 Å². The van der Waals surface area contributed by atoms with Crippen molar-refractivity contribution in [2.45, 2.75) is 45.7 Å². The second-order valence-corrected chi connectivity index (χ2v) is 4.18. The number of nitrogens with one attached hydrogen (secondary N) is 1. The van der Waals surface area contributed by atoms with E-state index in [1.54, 1.807) is 0 Å². The smallest absolute Gasteiger partial charge is 0.328 e. The molecule has 5 nitrogen and oxygen atoms in total. The van der Waals surface area contributed by atoms with E-state index in [0.717, 1.165) is 6.42 Å². The van der Waals surface area contributed by atoms with Gasteiger partial charge in [-0.25, -0.2) is 4.79 Å². The lowest BCUT2D eigenvalue weighted by molar-refractivity contribution is -0.146. The number of nitrogens with two attached hydrogens (primary N) is 1. The molecule has 2 unspecified atom stereocenters. The summed E-state index contributed by atoms with van der Waals surface area (Å²) < 4.78 is 4.62. The maximum absolute atomic E-state index is 11.5. The summed E-state index contributed by atoms with van der Waals surface area (Å²) in [5.74, 6) is -0.638. The molecule has 0 aromatic rings. The third-order valence-electron chi connectivity index (χ3n) is 2.41. The number of carbonyl (C=O) groups excluding carboxylic acids is 2. The van der Waals surface area contributed by atoms with E-state index in [0.29, 0.717) is 0 Å². The van der Waals surface area contributed by atoms with Crippen molar-refractivity contribution in [1.82, 2.24) is 5.32 Å². The number of hydrogen-bond donors (Lipinski definition) is 2. The SMILES string of the molecule is CCC(N)CC(=O)NC(C(=O)OC)C(C)C. The number of ether oxygens (including phenoxy) is 1. The molecule has 0 radical (unpaired) electrons. The van der Waals surface area contributed by atoms with Crippen LogP contribution in [0.5, 0.6) is 0 Å². The van der Waals surface area contributed by atoms with Crippen molar-refractivity contribution in [2.75, 3.05) is 7.11 Å². The van der Waals surface area contributed by atoms with Crippen LogP contribution in [-0.2, 0) is 14.3 Å². The van der Waals surface area contributed by atoms with E-state index in [4.69, 9.17) is 5.73 Å². The van der Waals surface area contributed by atoms with Crippen molar-refractivity contribution < 1.29 is 14.3 Å². The number of hydrogen-bond acceptors (Lipinski definition) is 4. The Balaban J connectivity index is 4.30. The number of esters is 1. The van der Waals surface area contributed by atoms with Crippen molar-refractivity contribution in [3.05, 3.63) is 0 Å². The van der Waals surface area contributed by atoms with Gasteiger partial charge in [0.05, 0.1) is 7.11 Å². The first-order chi connectivity index (χ1) is 7.42. The van der Waals surface area contributed by atoms with Gasteiger partial charge in [-0.15, -0.1) is 0 Å². The fourth-order valence-corrected chi connectivity index (χ4v) is 1.24. The van der Waals surface area contributed by atoms with Gasteiger partial charge in [0.1, 0.15) is 6.04 Å². The molecule has 5 heteroatoms. The maximum Gasteiger partial charge on any atom is 0.328 e. The summed E-state index contributed by atoms with van der Waals surface area (Å²) >= 11 is 0. The summed E-state index contributed by atoms with van der Waals surface area (Å²) in [4.78, 5) is 22.9. The molecule has 0 bridgehead atoms. The standard InChI is InChI=1S/C11H22N2O3/c1-5-8(12)6-9(14)13-10(7(2)3)11(15)16-4/h7-8,10H,5-6,12H2,1-4H3,(H,13,14). The van der Waals surface area contributed by atoms with Gasteiger partial charge < -0.3 is 15.8 Å². The minimum absolute atomic E-state index is 0.00532. The minimum atomic E-state index is -0.596. The third-order valence-corrected chi connectivity index (χ3v) is 2.41. The van der Waals surface area contributed by atoms with Crippen LogP contribution < -0.4 is 11.1 Å². The van der Waals surface area contributed by atoms with Gasteiger partial charge in [0.15, 0.2) is 0 Å². The molecule has 0 aromatic heterocycles. The highest BCUT2D eigenvalue weighted by atomic mass is 16.5. The lowest BCUT2D eigenvalue weighted by Gasteiger charge is -2.20. The summed E-state index contributed by atoms with van der Waals surface area (Å²) in [6, 6.07) is -0.757. The molecule has 1 amide bonds. The Morgan fingerprint density at radius 1 is 1.38 bits per heavy atom. The highest BCUT2D eigenvalue weighted by molar-refractivity contribution is 5.84. The molecule has 0 saturated carbocycles. The number of amides is 1. The van der Waals surface area contributed by atoms with Crippen molar-refractivity contribution in [2.24, 2.45) is 11.7 Å². The van der Waals surface area contributed by atoms with E-state index < -0.39 is 12.0 Å². The van der Waals surface area contributed by atoms with Crippen LogP contribution >= 0.6 is 0 Å². The first kappa shape index (κ1) is 14.9. The van der Waals surface area contributed by atoms with Crippen LogP contribution in [-0.4, -0.2) is 31.1 Å². The molecule has 0 aromatic carbocycles. The lowest BCUT2D eigenvalue weighted by Crippen LogP contribution is -2.46. The molecule has 0 rings (SSSR count). The molecule has 2 atom stereocenters. The Labute approximate surface area is 96.7 Å². The van der Waals surface area contributed by atoms with Crippen LogP contribution in [0.25, 0.3) is 0 Å². The first-order valence-corrected chi connectivity index (χ1v) is 5.55. The van der Waals surface area contributed by atoms with Crippen LogP contribution in [0.4, 0.5) is 0 Å². The van der Waals surface area contributed by atoms with Crippen molar-refractivity contribution >= 4 is 11.9 Å². The predicted octanol–water partition coefficient (Wildman–Crippen LogP) is 0.428. The lowest BCUT2D eigenvalue weighted by atomic mass is 10.0. The normalized spacial score (nSPS) is 14.4. The van der Waals surface area contributed by atoms with Crippen LogP contribution in [0.3, 0.4) is 0 Å². The minimum Gasteiger partial charge on any atom is -0.467 e. The average Bonchev–Trinajstić information content (AvgIpc) is 2.24. The van der Waals surface area contributed by atoms with Gasteiger partial charge >= 0.3 is 5.97 Å². The predicted molar refractivity (Wildman–Crippen MR) is 61.7 cm³/mol. The van der Waals surface area contributed by atoms with Gasteiger partial charge in [-0.2, -0.15) is 0 Å². The van der Waals surface area contributed by atoms with Crippen LogP contribution in [0.15, 0.2) is 0 Å². The molecule has 0 spiro atoms.